The maximum absolute atomic E-state index is 4.62. The number of aromatic nitrogens is 2. The summed E-state index contributed by atoms with van der Waals surface area (Å²) in [7, 11) is 2.22. The highest BCUT2D eigenvalue weighted by atomic mass is 32.1. The maximum Gasteiger partial charge on any atom is 0.142 e. The zero-order valence-electron chi connectivity index (χ0n) is 13.1. The average Bonchev–Trinajstić information content (AvgIpc) is 2.79. The van der Waals surface area contributed by atoms with Crippen LogP contribution in [0.5, 0.6) is 0 Å². The minimum atomic E-state index is 0.778. The summed E-state index contributed by atoms with van der Waals surface area (Å²) >= 11 is 1.73. The molecule has 0 spiro atoms. The van der Waals surface area contributed by atoms with Crippen molar-refractivity contribution in [3.05, 3.63) is 34.5 Å². The summed E-state index contributed by atoms with van der Waals surface area (Å²) in [6.07, 6.45) is 5.85. The van der Waals surface area contributed by atoms with Gasteiger partial charge < -0.3 is 4.90 Å². The van der Waals surface area contributed by atoms with Crippen molar-refractivity contribution in [2.45, 2.75) is 33.1 Å². The molecule has 21 heavy (non-hydrogen) atoms. The third-order valence-electron chi connectivity index (χ3n) is 4.32. The lowest BCUT2D eigenvalue weighted by atomic mass is 9.92. The van der Waals surface area contributed by atoms with E-state index in [2.05, 4.69) is 47.9 Å². The molecule has 0 amide bonds. The van der Waals surface area contributed by atoms with Crippen LogP contribution < -0.4 is 0 Å². The van der Waals surface area contributed by atoms with Crippen LogP contribution in [0.2, 0.25) is 0 Å². The van der Waals surface area contributed by atoms with Gasteiger partial charge in [0.15, 0.2) is 0 Å². The zero-order chi connectivity index (χ0) is 14.8. The lowest BCUT2D eigenvalue weighted by molar-refractivity contribution is 0.209. The summed E-state index contributed by atoms with van der Waals surface area (Å²) < 4.78 is 0. The molecule has 2 aromatic heterocycles. The highest BCUT2D eigenvalue weighted by Gasteiger charge is 2.17. The van der Waals surface area contributed by atoms with Gasteiger partial charge in [-0.15, -0.1) is 11.3 Å². The van der Waals surface area contributed by atoms with Crippen molar-refractivity contribution in [3.8, 4) is 10.7 Å². The minimum Gasteiger partial charge on any atom is -0.306 e. The van der Waals surface area contributed by atoms with E-state index in [1.54, 1.807) is 11.3 Å². The summed E-state index contributed by atoms with van der Waals surface area (Å²) in [5, 5.41) is 1.04. The van der Waals surface area contributed by atoms with Gasteiger partial charge in [0, 0.05) is 17.6 Å². The first kappa shape index (κ1) is 14.7. The number of aryl methyl sites for hydroxylation is 2. The molecule has 0 aromatic carbocycles. The molecule has 0 bridgehead atoms. The van der Waals surface area contributed by atoms with Crippen molar-refractivity contribution in [2.75, 3.05) is 20.1 Å². The fourth-order valence-electron chi connectivity index (χ4n) is 3.03. The van der Waals surface area contributed by atoms with Crippen LogP contribution in [0, 0.1) is 19.8 Å². The number of piperidine rings is 1. The van der Waals surface area contributed by atoms with E-state index in [0.29, 0.717) is 0 Å². The molecule has 0 N–H and O–H groups in total. The van der Waals surface area contributed by atoms with Gasteiger partial charge in [0.05, 0.1) is 11.4 Å². The predicted molar refractivity (Wildman–Crippen MR) is 88.7 cm³/mol. The van der Waals surface area contributed by atoms with Crippen LogP contribution in [-0.4, -0.2) is 35.0 Å². The van der Waals surface area contributed by atoms with Crippen molar-refractivity contribution in [3.63, 3.8) is 0 Å². The normalized spacial score (nSPS) is 19.9. The van der Waals surface area contributed by atoms with Crippen molar-refractivity contribution in [1.29, 1.82) is 0 Å². The first-order valence-electron chi connectivity index (χ1n) is 7.69. The first-order chi connectivity index (χ1) is 10.1. The lowest BCUT2D eigenvalue weighted by Gasteiger charge is -2.29. The lowest BCUT2D eigenvalue weighted by Crippen LogP contribution is -2.32. The Balaban J connectivity index is 1.69. The Labute approximate surface area is 131 Å². The molecule has 2 aromatic rings. The molecule has 1 atom stereocenters. The second-order valence-electron chi connectivity index (χ2n) is 6.19. The average molecular weight is 301 g/mol. The summed E-state index contributed by atoms with van der Waals surface area (Å²) in [4.78, 5) is 12.9. The van der Waals surface area contributed by atoms with Crippen molar-refractivity contribution >= 4 is 11.3 Å². The Morgan fingerprint density at radius 2 is 2.19 bits per heavy atom. The number of hydrogen-bond acceptors (Lipinski definition) is 4. The van der Waals surface area contributed by atoms with E-state index in [1.165, 1.54) is 36.4 Å². The van der Waals surface area contributed by atoms with E-state index >= 15 is 0 Å². The van der Waals surface area contributed by atoms with Gasteiger partial charge in [0.25, 0.3) is 0 Å². The van der Waals surface area contributed by atoms with Crippen LogP contribution in [0.25, 0.3) is 10.7 Å². The predicted octanol–water partition coefficient (Wildman–Crippen LogP) is 3.71. The second kappa shape index (κ2) is 6.24. The Morgan fingerprint density at radius 1 is 1.33 bits per heavy atom. The topological polar surface area (TPSA) is 29.0 Å². The number of likely N-dealkylation sites (tertiary alicyclic amines) is 1. The van der Waals surface area contributed by atoms with Crippen LogP contribution in [0.1, 0.15) is 29.0 Å². The number of rotatable bonds is 3. The minimum absolute atomic E-state index is 0.778. The molecule has 112 valence electrons. The first-order valence-corrected chi connectivity index (χ1v) is 8.51. The van der Waals surface area contributed by atoms with Gasteiger partial charge in [-0.3, -0.25) is 4.98 Å². The van der Waals surface area contributed by atoms with Crippen LogP contribution in [0.4, 0.5) is 0 Å². The smallest absolute Gasteiger partial charge is 0.142 e. The quantitative estimate of drug-likeness (QED) is 0.865. The Kier molecular flexibility index (Phi) is 4.36. The largest absolute Gasteiger partial charge is 0.306 e. The molecule has 4 heteroatoms. The van der Waals surface area contributed by atoms with Crippen LogP contribution in [0.15, 0.2) is 18.3 Å². The fraction of sp³-hybridized carbons (Fsp3) is 0.529. The summed E-state index contributed by atoms with van der Waals surface area (Å²) in [5.41, 5.74) is 3.47. The molecule has 0 aliphatic carbocycles. The summed E-state index contributed by atoms with van der Waals surface area (Å²) in [6.45, 7) is 6.64. The zero-order valence-corrected chi connectivity index (χ0v) is 13.9. The standard InChI is InChI=1S/C17H23N3S/c1-12-13(2)21-17(19-12)16-7-6-14(10-18-16)9-15-5-4-8-20(3)11-15/h6-7,10,15H,4-5,8-9,11H2,1-3H3. The molecule has 0 saturated carbocycles. The van der Waals surface area contributed by atoms with E-state index in [1.807, 2.05) is 6.20 Å². The number of hydrogen-bond donors (Lipinski definition) is 0. The number of pyridine rings is 1. The van der Waals surface area contributed by atoms with Gasteiger partial charge in [-0.1, -0.05) is 6.07 Å². The van der Waals surface area contributed by atoms with Gasteiger partial charge in [-0.25, -0.2) is 4.98 Å². The fourth-order valence-corrected chi connectivity index (χ4v) is 3.92. The van der Waals surface area contributed by atoms with Crippen LogP contribution in [0.3, 0.4) is 0 Å². The summed E-state index contributed by atoms with van der Waals surface area (Å²) in [6, 6.07) is 4.35. The molecule has 1 saturated heterocycles. The molecule has 1 aliphatic heterocycles. The Bertz CT molecular complexity index is 583. The van der Waals surface area contributed by atoms with Crippen molar-refractivity contribution < 1.29 is 0 Å². The molecule has 3 heterocycles. The van der Waals surface area contributed by atoms with E-state index < -0.39 is 0 Å². The van der Waals surface area contributed by atoms with E-state index in [4.69, 9.17) is 0 Å². The van der Waals surface area contributed by atoms with E-state index in [-0.39, 0.29) is 0 Å². The van der Waals surface area contributed by atoms with Crippen LogP contribution >= 0.6 is 11.3 Å². The SMILES string of the molecule is Cc1nc(-c2ccc(CC3CCCN(C)C3)cn2)sc1C. The van der Waals surface area contributed by atoms with Gasteiger partial charge in [0.1, 0.15) is 5.01 Å². The molecule has 1 fully saturated rings. The second-order valence-corrected chi connectivity index (χ2v) is 7.39. The van der Waals surface area contributed by atoms with Crippen molar-refractivity contribution in [1.82, 2.24) is 14.9 Å². The molecule has 3 nitrogen and oxygen atoms in total. The Morgan fingerprint density at radius 3 is 2.81 bits per heavy atom. The van der Waals surface area contributed by atoms with Gasteiger partial charge in [-0.2, -0.15) is 0 Å². The maximum atomic E-state index is 4.62. The monoisotopic (exact) mass is 301 g/mol. The van der Waals surface area contributed by atoms with Crippen LogP contribution in [-0.2, 0) is 6.42 Å². The summed E-state index contributed by atoms with van der Waals surface area (Å²) in [5.74, 6) is 0.778. The highest BCUT2D eigenvalue weighted by molar-refractivity contribution is 7.15. The van der Waals surface area contributed by atoms with E-state index in [9.17, 15) is 0 Å². The third kappa shape index (κ3) is 3.50. The number of nitrogens with zero attached hydrogens (tertiary/aromatic N) is 3. The molecule has 1 unspecified atom stereocenters. The molecule has 3 rings (SSSR count). The van der Waals surface area contributed by atoms with Gasteiger partial charge >= 0.3 is 0 Å². The van der Waals surface area contributed by atoms with Crippen molar-refractivity contribution in [2.24, 2.45) is 5.92 Å². The van der Waals surface area contributed by atoms with Gasteiger partial charge in [-0.05, 0) is 64.3 Å². The number of thiazole rings is 1. The van der Waals surface area contributed by atoms with E-state index in [0.717, 1.165) is 28.7 Å². The Hall–Kier alpha value is -1.26. The highest BCUT2D eigenvalue weighted by Crippen LogP contribution is 2.26. The molecular formula is C17H23N3S. The molecule has 1 aliphatic rings. The van der Waals surface area contributed by atoms with Gasteiger partial charge in [0.2, 0.25) is 0 Å². The third-order valence-corrected chi connectivity index (χ3v) is 5.41. The molecule has 0 radical (unpaired) electrons. The molecular weight excluding hydrogens is 278 g/mol.